The molecule has 2 rings (SSSR count). The molecule has 1 amide bonds. The van der Waals surface area contributed by atoms with E-state index in [1.54, 1.807) is 0 Å². The van der Waals surface area contributed by atoms with E-state index in [-0.39, 0.29) is 22.0 Å². The highest BCUT2D eigenvalue weighted by atomic mass is 79.9. The van der Waals surface area contributed by atoms with Crippen LogP contribution in [-0.2, 0) is 4.79 Å². The molecule has 1 aromatic rings. The second kappa shape index (κ2) is 5.69. The Kier molecular flexibility index (Phi) is 4.19. The molecule has 4 nitrogen and oxygen atoms in total. The zero-order valence-electron chi connectivity index (χ0n) is 10.0. The van der Waals surface area contributed by atoms with Crippen LogP contribution in [0.1, 0.15) is 29.6 Å². The fourth-order valence-electron chi connectivity index (χ4n) is 2.28. The zero-order chi connectivity index (χ0) is 14.0. The Labute approximate surface area is 118 Å². The van der Waals surface area contributed by atoms with E-state index in [0.717, 1.165) is 0 Å². The van der Waals surface area contributed by atoms with E-state index in [9.17, 15) is 14.0 Å². The molecule has 1 saturated carbocycles. The van der Waals surface area contributed by atoms with Gasteiger partial charge < -0.3 is 10.4 Å². The van der Waals surface area contributed by atoms with Gasteiger partial charge in [0.25, 0.3) is 5.91 Å². The van der Waals surface area contributed by atoms with Crippen LogP contribution in [0.3, 0.4) is 0 Å². The molecule has 0 bridgehead atoms. The summed E-state index contributed by atoms with van der Waals surface area (Å²) < 4.78 is 13.4. The van der Waals surface area contributed by atoms with E-state index >= 15 is 0 Å². The van der Waals surface area contributed by atoms with Crippen LogP contribution < -0.4 is 5.32 Å². The molecule has 1 aromatic carbocycles. The molecule has 2 N–H and O–H groups in total. The number of rotatable bonds is 3. The molecule has 0 saturated heterocycles. The number of carboxylic acid groups (broad SMARTS) is 1. The van der Waals surface area contributed by atoms with Gasteiger partial charge in [-0.05, 0) is 47.3 Å². The van der Waals surface area contributed by atoms with Crippen LogP contribution in [0.25, 0.3) is 0 Å². The van der Waals surface area contributed by atoms with E-state index in [0.29, 0.717) is 19.3 Å². The van der Waals surface area contributed by atoms with Gasteiger partial charge in [0, 0.05) is 6.04 Å². The van der Waals surface area contributed by atoms with Crippen molar-refractivity contribution in [2.24, 2.45) is 5.92 Å². The first-order chi connectivity index (χ1) is 8.99. The third-order valence-electron chi connectivity index (χ3n) is 3.31. The molecule has 0 heterocycles. The molecule has 19 heavy (non-hydrogen) atoms. The SMILES string of the molecule is O=C(N[C@H]1CC[C@@H](C(=O)O)C1)c1cccc(F)c1Br. The maximum absolute atomic E-state index is 13.3. The molecule has 6 heteroatoms. The lowest BCUT2D eigenvalue weighted by Gasteiger charge is -2.13. The minimum absolute atomic E-state index is 0.125. The number of carboxylic acids is 1. The maximum atomic E-state index is 13.3. The lowest BCUT2D eigenvalue weighted by atomic mass is 10.1. The van der Waals surface area contributed by atoms with Gasteiger partial charge in [-0.15, -0.1) is 0 Å². The number of nitrogens with one attached hydrogen (secondary N) is 1. The molecule has 0 radical (unpaired) electrons. The lowest BCUT2D eigenvalue weighted by molar-refractivity contribution is -0.141. The van der Waals surface area contributed by atoms with Crippen LogP contribution in [0.15, 0.2) is 22.7 Å². The van der Waals surface area contributed by atoms with Crippen molar-refractivity contribution in [2.45, 2.75) is 25.3 Å². The molecule has 0 spiro atoms. The van der Waals surface area contributed by atoms with Gasteiger partial charge in [0.1, 0.15) is 5.82 Å². The highest BCUT2D eigenvalue weighted by Gasteiger charge is 2.31. The van der Waals surface area contributed by atoms with E-state index < -0.39 is 17.7 Å². The number of benzene rings is 1. The molecule has 1 aliphatic carbocycles. The summed E-state index contributed by atoms with van der Waals surface area (Å²) in [6, 6.07) is 4.08. The number of halogens is 2. The third-order valence-corrected chi connectivity index (χ3v) is 4.12. The minimum Gasteiger partial charge on any atom is -0.481 e. The van der Waals surface area contributed by atoms with Crippen molar-refractivity contribution < 1.29 is 19.1 Å². The first kappa shape index (κ1) is 14.0. The number of aliphatic carboxylic acids is 1. The Morgan fingerprint density at radius 3 is 2.74 bits per heavy atom. The molecule has 1 aliphatic rings. The molecular formula is C13H13BrFNO3. The smallest absolute Gasteiger partial charge is 0.306 e. The maximum Gasteiger partial charge on any atom is 0.306 e. The summed E-state index contributed by atoms with van der Waals surface area (Å²) in [6.07, 6.45) is 1.62. The average molecular weight is 330 g/mol. The Hall–Kier alpha value is -1.43. The monoisotopic (exact) mass is 329 g/mol. The minimum atomic E-state index is -0.830. The van der Waals surface area contributed by atoms with Crippen LogP contribution in [0, 0.1) is 11.7 Å². The summed E-state index contributed by atoms with van der Waals surface area (Å²) in [7, 11) is 0. The molecule has 2 atom stereocenters. The van der Waals surface area contributed by atoms with Crippen molar-refractivity contribution in [3.63, 3.8) is 0 Å². The van der Waals surface area contributed by atoms with Gasteiger partial charge in [0.15, 0.2) is 0 Å². The van der Waals surface area contributed by atoms with E-state index in [2.05, 4.69) is 21.2 Å². The zero-order valence-corrected chi connectivity index (χ0v) is 11.6. The van der Waals surface area contributed by atoms with Crippen LogP contribution >= 0.6 is 15.9 Å². The van der Waals surface area contributed by atoms with E-state index in [1.165, 1.54) is 18.2 Å². The Balaban J connectivity index is 2.02. The second-order valence-electron chi connectivity index (χ2n) is 4.62. The van der Waals surface area contributed by atoms with E-state index in [4.69, 9.17) is 5.11 Å². The van der Waals surface area contributed by atoms with Crippen LogP contribution in [0.2, 0.25) is 0 Å². The largest absolute Gasteiger partial charge is 0.481 e. The van der Waals surface area contributed by atoms with Gasteiger partial charge in [-0.25, -0.2) is 4.39 Å². The first-order valence-corrected chi connectivity index (χ1v) is 6.76. The molecular weight excluding hydrogens is 317 g/mol. The number of amides is 1. The summed E-state index contributed by atoms with van der Waals surface area (Å²) in [6.45, 7) is 0. The fraction of sp³-hybridized carbons (Fsp3) is 0.385. The standard InChI is InChI=1S/C13H13BrFNO3/c14-11-9(2-1-3-10(11)15)12(17)16-8-5-4-7(6-8)13(18)19/h1-3,7-8H,4-6H2,(H,16,17)(H,18,19)/t7-,8+/m1/s1. The van der Waals surface area contributed by atoms with Crippen LogP contribution in [-0.4, -0.2) is 23.0 Å². The summed E-state index contributed by atoms with van der Waals surface area (Å²) in [4.78, 5) is 22.8. The first-order valence-electron chi connectivity index (χ1n) is 5.96. The molecule has 0 unspecified atom stereocenters. The van der Waals surface area contributed by atoms with Gasteiger partial charge in [-0.3, -0.25) is 9.59 Å². The topological polar surface area (TPSA) is 66.4 Å². The van der Waals surface area contributed by atoms with E-state index in [1.807, 2.05) is 0 Å². The highest BCUT2D eigenvalue weighted by molar-refractivity contribution is 9.10. The van der Waals surface area contributed by atoms with Crippen LogP contribution in [0.5, 0.6) is 0 Å². The Bertz CT molecular complexity index is 521. The van der Waals surface area contributed by atoms with Crippen molar-refractivity contribution >= 4 is 27.8 Å². The molecule has 1 fully saturated rings. The van der Waals surface area contributed by atoms with Gasteiger partial charge in [0.05, 0.1) is 16.0 Å². The van der Waals surface area contributed by atoms with Gasteiger partial charge >= 0.3 is 5.97 Å². The van der Waals surface area contributed by atoms with Crippen molar-refractivity contribution in [1.29, 1.82) is 0 Å². The summed E-state index contributed by atoms with van der Waals surface area (Å²) in [5, 5.41) is 11.6. The summed E-state index contributed by atoms with van der Waals surface area (Å²) in [5.41, 5.74) is 0.221. The number of hydrogen-bond donors (Lipinski definition) is 2. The van der Waals surface area contributed by atoms with Crippen molar-refractivity contribution in [3.8, 4) is 0 Å². The number of carbonyl (C=O) groups is 2. The molecule has 0 aromatic heterocycles. The Morgan fingerprint density at radius 2 is 2.11 bits per heavy atom. The summed E-state index contributed by atoms with van der Waals surface area (Å²) in [5.74, 6) is -2.12. The average Bonchev–Trinajstić information content (AvgIpc) is 2.81. The van der Waals surface area contributed by atoms with Crippen LogP contribution in [0.4, 0.5) is 4.39 Å². The fourth-order valence-corrected chi connectivity index (χ4v) is 2.72. The number of hydrogen-bond acceptors (Lipinski definition) is 2. The Morgan fingerprint density at radius 1 is 1.37 bits per heavy atom. The predicted octanol–water partition coefficient (Wildman–Crippen LogP) is 2.57. The quantitative estimate of drug-likeness (QED) is 0.895. The third kappa shape index (κ3) is 3.12. The van der Waals surface area contributed by atoms with Crippen molar-refractivity contribution in [1.82, 2.24) is 5.32 Å². The molecule has 0 aliphatic heterocycles. The highest BCUT2D eigenvalue weighted by Crippen LogP contribution is 2.27. The van der Waals surface area contributed by atoms with Gasteiger partial charge in [-0.1, -0.05) is 6.07 Å². The number of carbonyl (C=O) groups excluding carboxylic acids is 1. The van der Waals surface area contributed by atoms with Gasteiger partial charge in [0.2, 0.25) is 0 Å². The van der Waals surface area contributed by atoms with Crippen molar-refractivity contribution in [2.75, 3.05) is 0 Å². The predicted molar refractivity (Wildman–Crippen MR) is 70.3 cm³/mol. The lowest BCUT2D eigenvalue weighted by Crippen LogP contribution is -2.33. The van der Waals surface area contributed by atoms with Gasteiger partial charge in [-0.2, -0.15) is 0 Å². The summed E-state index contributed by atoms with van der Waals surface area (Å²) >= 11 is 3.04. The van der Waals surface area contributed by atoms with Crippen molar-refractivity contribution in [3.05, 3.63) is 34.1 Å². The normalized spacial score (nSPS) is 22.2. The second-order valence-corrected chi connectivity index (χ2v) is 5.41. The molecule has 102 valence electrons.